The summed E-state index contributed by atoms with van der Waals surface area (Å²) in [6.07, 6.45) is 3.92. The largest absolute Gasteiger partial charge is 0.475 e. The van der Waals surface area contributed by atoms with E-state index in [0.717, 1.165) is 30.8 Å². The molecule has 1 N–H and O–H groups in total. The summed E-state index contributed by atoms with van der Waals surface area (Å²) in [5, 5.41) is 3.39. The molecular weight excluding hydrogens is 266 g/mol. The molecule has 0 saturated heterocycles. The molecule has 5 nitrogen and oxygen atoms in total. The summed E-state index contributed by atoms with van der Waals surface area (Å²) < 4.78 is 11.4. The fourth-order valence-corrected chi connectivity index (χ4v) is 2.34. The highest BCUT2D eigenvalue weighted by molar-refractivity contribution is 5.63. The summed E-state index contributed by atoms with van der Waals surface area (Å²) >= 11 is 0. The highest BCUT2D eigenvalue weighted by Gasteiger charge is 2.15. The van der Waals surface area contributed by atoms with Crippen LogP contribution in [0.25, 0.3) is 0 Å². The monoisotopic (exact) mass is 285 g/mol. The van der Waals surface area contributed by atoms with Crippen molar-refractivity contribution in [3.63, 3.8) is 0 Å². The number of benzene rings is 1. The van der Waals surface area contributed by atoms with Crippen molar-refractivity contribution < 1.29 is 9.47 Å². The van der Waals surface area contributed by atoms with Crippen molar-refractivity contribution in [3.05, 3.63) is 36.0 Å². The fourth-order valence-electron chi connectivity index (χ4n) is 2.34. The average molecular weight is 285 g/mol. The molecule has 0 radical (unpaired) electrons. The van der Waals surface area contributed by atoms with E-state index in [9.17, 15) is 0 Å². The summed E-state index contributed by atoms with van der Waals surface area (Å²) in [4.78, 5) is 8.42. The Morgan fingerprint density at radius 3 is 3.00 bits per heavy atom. The lowest BCUT2D eigenvalue weighted by Gasteiger charge is -2.20. The predicted octanol–water partition coefficient (Wildman–Crippen LogP) is 3.41. The van der Waals surface area contributed by atoms with Crippen LogP contribution in [-0.4, -0.2) is 22.6 Å². The Hall–Kier alpha value is -2.30. The van der Waals surface area contributed by atoms with Gasteiger partial charge in [-0.15, -0.1) is 0 Å². The van der Waals surface area contributed by atoms with E-state index >= 15 is 0 Å². The maximum atomic E-state index is 5.83. The van der Waals surface area contributed by atoms with Crippen LogP contribution in [-0.2, 0) is 6.42 Å². The average Bonchev–Trinajstić information content (AvgIpc) is 2.47. The first-order chi connectivity index (χ1) is 10.2. The number of nitrogens with zero attached hydrogens (tertiary/aromatic N) is 2. The van der Waals surface area contributed by atoms with Crippen LogP contribution in [0, 0.1) is 0 Å². The number of hydrogen-bond donors (Lipinski definition) is 1. The van der Waals surface area contributed by atoms with E-state index in [1.165, 1.54) is 5.56 Å². The number of hydrogen-bond acceptors (Lipinski definition) is 5. The lowest BCUT2D eigenvalue weighted by atomic mass is 10.0. The summed E-state index contributed by atoms with van der Waals surface area (Å²) in [6.45, 7) is 4.88. The van der Waals surface area contributed by atoms with Crippen LogP contribution in [0.1, 0.15) is 25.8 Å². The van der Waals surface area contributed by atoms with E-state index in [4.69, 9.17) is 9.47 Å². The molecule has 0 amide bonds. The summed E-state index contributed by atoms with van der Waals surface area (Å²) in [7, 11) is 0. The summed E-state index contributed by atoms with van der Waals surface area (Å²) in [6, 6.07) is 8.07. The molecule has 1 aliphatic rings. The van der Waals surface area contributed by atoms with Gasteiger partial charge in [0.2, 0.25) is 5.88 Å². The standard InChI is InChI=1S/C16H19N3O2/c1-11(2)20-14-8-10-18-16(19-14)21-13-7-3-5-12-6-4-9-17-15(12)13/h3,5,7-8,10-11,17H,4,6,9H2,1-2H3. The Morgan fingerprint density at radius 1 is 1.24 bits per heavy atom. The zero-order chi connectivity index (χ0) is 14.7. The van der Waals surface area contributed by atoms with Crippen molar-refractivity contribution in [1.82, 2.24) is 9.97 Å². The summed E-state index contributed by atoms with van der Waals surface area (Å²) in [5.41, 5.74) is 2.32. The van der Waals surface area contributed by atoms with E-state index in [1.54, 1.807) is 12.3 Å². The minimum atomic E-state index is 0.0684. The van der Waals surface area contributed by atoms with E-state index in [2.05, 4.69) is 21.4 Å². The van der Waals surface area contributed by atoms with Gasteiger partial charge in [-0.2, -0.15) is 4.98 Å². The first-order valence-corrected chi connectivity index (χ1v) is 7.25. The second-order valence-corrected chi connectivity index (χ2v) is 5.27. The molecule has 0 atom stereocenters. The van der Waals surface area contributed by atoms with Crippen LogP contribution in [0.3, 0.4) is 0 Å². The third kappa shape index (κ3) is 3.24. The lowest BCUT2D eigenvalue weighted by Crippen LogP contribution is -2.12. The SMILES string of the molecule is CC(C)Oc1ccnc(Oc2cccc3c2NCCC3)n1. The minimum Gasteiger partial charge on any atom is -0.475 e. The topological polar surface area (TPSA) is 56.3 Å². The second kappa shape index (κ2) is 5.99. The Bertz CT molecular complexity index is 629. The molecule has 0 aliphatic carbocycles. The highest BCUT2D eigenvalue weighted by Crippen LogP contribution is 2.34. The van der Waals surface area contributed by atoms with Crippen molar-refractivity contribution in [2.75, 3.05) is 11.9 Å². The van der Waals surface area contributed by atoms with Crippen molar-refractivity contribution >= 4 is 5.69 Å². The number of aromatic nitrogens is 2. The number of nitrogens with one attached hydrogen (secondary N) is 1. The Balaban J connectivity index is 1.84. The molecular formula is C16H19N3O2. The molecule has 1 aliphatic heterocycles. The first kappa shape index (κ1) is 13.7. The Kier molecular flexibility index (Phi) is 3.90. The van der Waals surface area contributed by atoms with Gasteiger partial charge in [-0.1, -0.05) is 12.1 Å². The molecule has 5 heteroatoms. The van der Waals surface area contributed by atoms with Gasteiger partial charge in [0, 0.05) is 18.8 Å². The highest BCUT2D eigenvalue weighted by atomic mass is 16.5. The quantitative estimate of drug-likeness (QED) is 0.933. The van der Waals surface area contributed by atoms with E-state index < -0.39 is 0 Å². The van der Waals surface area contributed by atoms with Crippen molar-refractivity contribution in [2.45, 2.75) is 32.8 Å². The third-order valence-corrected chi connectivity index (χ3v) is 3.20. The first-order valence-electron chi connectivity index (χ1n) is 7.25. The number of aryl methyl sites for hydroxylation is 1. The zero-order valence-electron chi connectivity index (χ0n) is 12.3. The van der Waals surface area contributed by atoms with Crippen molar-refractivity contribution in [3.8, 4) is 17.6 Å². The van der Waals surface area contributed by atoms with Gasteiger partial charge < -0.3 is 14.8 Å². The molecule has 2 heterocycles. The molecule has 21 heavy (non-hydrogen) atoms. The van der Waals surface area contributed by atoms with Crippen molar-refractivity contribution in [1.29, 1.82) is 0 Å². The van der Waals surface area contributed by atoms with Crippen LogP contribution in [0.5, 0.6) is 17.6 Å². The molecule has 110 valence electrons. The van der Waals surface area contributed by atoms with Gasteiger partial charge in [0.05, 0.1) is 11.8 Å². The molecule has 1 aromatic carbocycles. The molecule has 0 fully saturated rings. The zero-order valence-corrected chi connectivity index (χ0v) is 12.3. The van der Waals surface area contributed by atoms with Crippen LogP contribution in [0.2, 0.25) is 0 Å². The van der Waals surface area contributed by atoms with Crippen molar-refractivity contribution in [2.24, 2.45) is 0 Å². The summed E-state index contributed by atoms with van der Waals surface area (Å²) in [5.74, 6) is 1.28. The maximum Gasteiger partial charge on any atom is 0.325 e. The number of anilines is 1. The smallest absolute Gasteiger partial charge is 0.325 e. The lowest BCUT2D eigenvalue weighted by molar-refractivity contribution is 0.229. The van der Waals surface area contributed by atoms with Crippen LogP contribution >= 0.6 is 0 Å². The minimum absolute atomic E-state index is 0.0684. The molecule has 0 spiro atoms. The number of rotatable bonds is 4. The van der Waals surface area contributed by atoms with Crippen LogP contribution in [0.15, 0.2) is 30.5 Å². The van der Waals surface area contributed by atoms with E-state index in [0.29, 0.717) is 11.9 Å². The number of para-hydroxylation sites is 1. The normalized spacial score (nSPS) is 13.5. The van der Waals surface area contributed by atoms with Crippen LogP contribution < -0.4 is 14.8 Å². The van der Waals surface area contributed by atoms with Gasteiger partial charge in [-0.25, -0.2) is 4.98 Å². The van der Waals surface area contributed by atoms with Gasteiger partial charge in [0.15, 0.2) is 5.75 Å². The Labute approximate surface area is 124 Å². The Morgan fingerprint density at radius 2 is 2.14 bits per heavy atom. The van der Waals surface area contributed by atoms with E-state index in [-0.39, 0.29) is 6.10 Å². The third-order valence-electron chi connectivity index (χ3n) is 3.20. The molecule has 0 saturated carbocycles. The molecule has 0 bridgehead atoms. The predicted molar refractivity (Wildman–Crippen MR) is 81.1 cm³/mol. The maximum absolute atomic E-state index is 5.83. The van der Waals surface area contributed by atoms with Gasteiger partial charge in [-0.05, 0) is 38.3 Å². The van der Waals surface area contributed by atoms with E-state index in [1.807, 2.05) is 26.0 Å². The molecule has 3 rings (SSSR count). The van der Waals surface area contributed by atoms with Gasteiger partial charge in [0.25, 0.3) is 0 Å². The number of ether oxygens (including phenoxy) is 2. The van der Waals surface area contributed by atoms with Gasteiger partial charge >= 0.3 is 6.01 Å². The molecule has 0 unspecified atom stereocenters. The van der Waals surface area contributed by atoms with Crippen LogP contribution in [0.4, 0.5) is 5.69 Å². The van der Waals surface area contributed by atoms with Gasteiger partial charge in [-0.3, -0.25) is 0 Å². The molecule has 2 aromatic rings. The second-order valence-electron chi connectivity index (χ2n) is 5.27. The number of fused-ring (bicyclic) bond motifs is 1. The van der Waals surface area contributed by atoms with Gasteiger partial charge in [0.1, 0.15) is 0 Å². The fraction of sp³-hybridized carbons (Fsp3) is 0.375. The molecule has 1 aromatic heterocycles.